The minimum atomic E-state index is -0.120. The fraction of sp³-hybridized carbons (Fsp3) is 0.385. The van der Waals surface area contributed by atoms with Crippen molar-refractivity contribution in [2.75, 3.05) is 6.54 Å². The molecule has 0 aliphatic heterocycles. The number of pyridine rings is 1. The lowest BCUT2D eigenvalue weighted by molar-refractivity contribution is 0.0958. The molecule has 0 fully saturated rings. The van der Waals surface area contributed by atoms with Crippen molar-refractivity contribution in [2.24, 2.45) is 5.41 Å². The number of aromatic nitrogens is 1. The topological polar surface area (TPSA) is 42.0 Å². The van der Waals surface area contributed by atoms with Gasteiger partial charge in [0.1, 0.15) is 0 Å². The second-order valence-corrected chi connectivity index (χ2v) is 4.47. The van der Waals surface area contributed by atoms with E-state index in [1.165, 1.54) is 0 Å². The highest BCUT2D eigenvalue weighted by Crippen LogP contribution is 2.09. The minimum absolute atomic E-state index is 0.0264. The van der Waals surface area contributed by atoms with E-state index in [1.807, 2.05) is 20.8 Å². The van der Waals surface area contributed by atoms with Gasteiger partial charge in [0.05, 0.1) is 6.54 Å². The third-order valence-corrected chi connectivity index (χ3v) is 1.74. The van der Waals surface area contributed by atoms with Crippen LogP contribution < -0.4 is 5.32 Å². The molecule has 0 aliphatic carbocycles. The van der Waals surface area contributed by atoms with E-state index < -0.39 is 0 Å². The van der Waals surface area contributed by atoms with E-state index in [4.69, 9.17) is 0 Å². The number of hydrogen-bond donors (Lipinski definition) is 1. The zero-order valence-corrected chi connectivity index (χ0v) is 9.87. The maximum Gasteiger partial charge on any atom is 0.252 e. The number of amides is 1. The molecule has 1 N–H and O–H groups in total. The third-order valence-electron chi connectivity index (χ3n) is 1.74. The third kappa shape index (κ3) is 4.61. The van der Waals surface area contributed by atoms with Gasteiger partial charge in [0.2, 0.25) is 0 Å². The lowest BCUT2D eigenvalue weighted by Crippen LogP contribution is -2.23. The van der Waals surface area contributed by atoms with Crippen LogP contribution in [0, 0.1) is 17.3 Å². The first-order valence-corrected chi connectivity index (χ1v) is 5.17. The second kappa shape index (κ2) is 5.32. The molecule has 16 heavy (non-hydrogen) atoms. The summed E-state index contributed by atoms with van der Waals surface area (Å²) in [5, 5.41) is 2.73. The lowest BCUT2D eigenvalue weighted by atomic mass is 9.98. The standard InChI is InChI=1S/C13H16N2O/c1-13(2,3)7-4-8-15-12(16)11-5-9-14-10-6-11/h5-6,9-10H,8H2,1-3H3,(H,15,16). The van der Waals surface area contributed by atoms with E-state index in [2.05, 4.69) is 22.1 Å². The van der Waals surface area contributed by atoms with Gasteiger partial charge >= 0.3 is 0 Å². The first-order chi connectivity index (χ1) is 7.49. The Balaban J connectivity index is 2.45. The number of hydrogen-bond acceptors (Lipinski definition) is 2. The molecule has 1 amide bonds. The van der Waals surface area contributed by atoms with E-state index in [1.54, 1.807) is 24.5 Å². The van der Waals surface area contributed by atoms with Crippen molar-refractivity contribution in [3.63, 3.8) is 0 Å². The molecule has 0 aromatic carbocycles. The highest BCUT2D eigenvalue weighted by molar-refractivity contribution is 5.94. The largest absolute Gasteiger partial charge is 0.341 e. The molecule has 0 saturated heterocycles. The molecule has 0 unspecified atom stereocenters. The molecule has 0 saturated carbocycles. The van der Waals surface area contributed by atoms with Gasteiger partial charge < -0.3 is 5.32 Å². The Morgan fingerprint density at radius 2 is 2.00 bits per heavy atom. The monoisotopic (exact) mass is 216 g/mol. The summed E-state index contributed by atoms with van der Waals surface area (Å²) in [5.41, 5.74) is 0.578. The van der Waals surface area contributed by atoms with E-state index in [-0.39, 0.29) is 11.3 Å². The molecule has 1 rings (SSSR count). The van der Waals surface area contributed by atoms with Crippen LogP contribution in [0.15, 0.2) is 24.5 Å². The smallest absolute Gasteiger partial charge is 0.252 e. The molecule has 0 aliphatic rings. The van der Waals surface area contributed by atoms with Gasteiger partial charge in [0, 0.05) is 23.4 Å². The number of nitrogens with one attached hydrogen (secondary N) is 1. The van der Waals surface area contributed by atoms with E-state index in [9.17, 15) is 4.79 Å². The molecule has 1 aromatic heterocycles. The van der Waals surface area contributed by atoms with Gasteiger partial charge in [-0.25, -0.2) is 0 Å². The van der Waals surface area contributed by atoms with Gasteiger partial charge in [0.15, 0.2) is 0 Å². The number of nitrogens with zero attached hydrogens (tertiary/aromatic N) is 1. The quantitative estimate of drug-likeness (QED) is 0.767. The lowest BCUT2D eigenvalue weighted by Gasteiger charge is -2.07. The molecule has 0 bridgehead atoms. The Kier molecular flexibility index (Phi) is 4.07. The van der Waals surface area contributed by atoms with Crippen molar-refractivity contribution in [1.82, 2.24) is 10.3 Å². The molecule has 0 radical (unpaired) electrons. The Morgan fingerprint density at radius 1 is 1.38 bits per heavy atom. The van der Waals surface area contributed by atoms with E-state index in [0.29, 0.717) is 12.1 Å². The molecule has 84 valence electrons. The maximum atomic E-state index is 11.6. The molecule has 0 atom stereocenters. The van der Waals surface area contributed by atoms with Crippen LogP contribution in [0.3, 0.4) is 0 Å². The van der Waals surface area contributed by atoms with Crippen LogP contribution in [0.2, 0.25) is 0 Å². The first kappa shape index (κ1) is 12.3. The van der Waals surface area contributed by atoms with Gasteiger partial charge in [-0.1, -0.05) is 11.8 Å². The summed E-state index contributed by atoms with van der Waals surface area (Å²) in [6, 6.07) is 3.35. The predicted molar refractivity (Wildman–Crippen MR) is 63.8 cm³/mol. The molecular weight excluding hydrogens is 200 g/mol. The van der Waals surface area contributed by atoms with E-state index >= 15 is 0 Å². The van der Waals surface area contributed by atoms with Gasteiger partial charge in [0.25, 0.3) is 5.91 Å². The van der Waals surface area contributed by atoms with Crippen LogP contribution in [-0.2, 0) is 0 Å². The van der Waals surface area contributed by atoms with Gasteiger partial charge in [-0.3, -0.25) is 9.78 Å². The molecule has 1 heterocycles. The van der Waals surface area contributed by atoms with Crippen LogP contribution in [0.4, 0.5) is 0 Å². The molecular formula is C13H16N2O. The van der Waals surface area contributed by atoms with Crippen molar-refractivity contribution in [3.8, 4) is 11.8 Å². The van der Waals surface area contributed by atoms with Gasteiger partial charge in [-0.15, -0.1) is 0 Å². The fourth-order valence-corrected chi connectivity index (χ4v) is 1.04. The molecule has 1 aromatic rings. The van der Waals surface area contributed by atoms with Gasteiger partial charge in [-0.05, 0) is 32.9 Å². The Bertz CT molecular complexity index is 407. The Morgan fingerprint density at radius 3 is 2.56 bits per heavy atom. The van der Waals surface area contributed by atoms with Crippen LogP contribution in [0.25, 0.3) is 0 Å². The summed E-state index contributed by atoms with van der Waals surface area (Å²) >= 11 is 0. The SMILES string of the molecule is CC(C)(C)C#CCNC(=O)c1ccncc1. The minimum Gasteiger partial charge on any atom is -0.341 e. The summed E-state index contributed by atoms with van der Waals surface area (Å²) in [7, 11) is 0. The van der Waals surface area contributed by atoms with Crippen LogP contribution >= 0.6 is 0 Å². The summed E-state index contributed by atoms with van der Waals surface area (Å²) in [6.07, 6.45) is 3.19. The summed E-state index contributed by atoms with van der Waals surface area (Å²) in [4.78, 5) is 15.4. The van der Waals surface area contributed by atoms with Crippen LogP contribution in [0.5, 0.6) is 0 Å². The van der Waals surface area contributed by atoms with Crippen LogP contribution in [-0.4, -0.2) is 17.4 Å². The Hall–Kier alpha value is -1.82. The summed E-state index contributed by atoms with van der Waals surface area (Å²) in [5.74, 6) is 5.86. The zero-order chi connectivity index (χ0) is 12.0. The van der Waals surface area contributed by atoms with E-state index in [0.717, 1.165) is 0 Å². The highest BCUT2D eigenvalue weighted by Gasteiger charge is 2.04. The van der Waals surface area contributed by atoms with Crippen molar-refractivity contribution in [3.05, 3.63) is 30.1 Å². The van der Waals surface area contributed by atoms with Crippen molar-refractivity contribution in [2.45, 2.75) is 20.8 Å². The number of rotatable bonds is 2. The van der Waals surface area contributed by atoms with Crippen molar-refractivity contribution >= 4 is 5.91 Å². The molecule has 3 nitrogen and oxygen atoms in total. The zero-order valence-electron chi connectivity index (χ0n) is 9.87. The highest BCUT2D eigenvalue weighted by atomic mass is 16.1. The predicted octanol–water partition coefficient (Wildman–Crippen LogP) is 1.86. The average molecular weight is 216 g/mol. The number of carbonyl (C=O) groups excluding carboxylic acids is 1. The molecule has 0 spiro atoms. The van der Waals surface area contributed by atoms with Crippen molar-refractivity contribution in [1.29, 1.82) is 0 Å². The summed E-state index contributed by atoms with van der Waals surface area (Å²) < 4.78 is 0. The maximum absolute atomic E-state index is 11.6. The second-order valence-electron chi connectivity index (χ2n) is 4.47. The first-order valence-electron chi connectivity index (χ1n) is 5.17. The Labute approximate surface area is 96.3 Å². The number of carbonyl (C=O) groups is 1. The van der Waals surface area contributed by atoms with Crippen LogP contribution in [0.1, 0.15) is 31.1 Å². The molecule has 3 heteroatoms. The fourth-order valence-electron chi connectivity index (χ4n) is 1.04. The van der Waals surface area contributed by atoms with Crippen molar-refractivity contribution < 1.29 is 4.79 Å². The van der Waals surface area contributed by atoms with Gasteiger partial charge in [-0.2, -0.15) is 0 Å². The normalized spacial score (nSPS) is 10.2. The average Bonchev–Trinajstić information content (AvgIpc) is 2.24. The summed E-state index contributed by atoms with van der Waals surface area (Å²) in [6.45, 7) is 6.47.